The molecule has 1 aliphatic rings. The second kappa shape index (κ2) is 3.56. The Morgan fingerprint density at radius 1 is 1.60 bits per heavy atom. The third kappa shape index (κ3) is 1.70. The molecule has 0 aromatic rings. The summed E-state index contributed by atoms with van der Waals surface area (Å²) >= 11 is 0. The van der Waals surface area contributed by atoms with E-state index in [0.717, 1.165) is 19.4 Å². The number of piperidine rings is 1. The topological polar surface area (TPSA) is 29.5 Å². The molecule has 0 saturated carbocycles. The molecule has 1 rings (SSSR count). The second-order valence-corrected chi connectivity index (χ2v) is 2.37. The number of nitrogens with zero attached hydrogens (tertiary/aromatic N) is 1. The Kier molecular flexibility index (Phi) is 2.68. The molecule has 0 aliphatic carbocycles. The lowest BCUT2D eigenvalue weighted by molar-refractivity contribution is -0.189. The van der Waals surface area contributed by atoms with Gasteiger partial charge in [0.05, 0.1) is 6.61 Å². The van der Waals surface area contributed by atoms with Crippen LogP contribution in [-0.2, 0) is 9.63 Å². The van der Waals surface area contributed by atoms with E-state index in [9.17, 15) is 4.79 Å². The lowest BCUT2D eigenvalue weighted by atomic mass is 10.2. The molecule has 1 heterocycles. The van der Waals surface area contributed by atoms with Gasteiger partial charge in [-0.25, -0.2) is 5.06 Å². The Labute approximate surface area is 60.9 Å². The van der Waals surface area contributed by atoms with Crippen LogP contribution >= 0.6 is 0 Å². The molecule has 0 aromatic heterocycles. The van der Waals surface area contributed by atoms with Crippen molar-refractivity contribution in [3.8, 4) is 0 Å². The minimum absolute atomic E-state index is 0.133. The monoisotopic (exact) mass is 143 g/mol. The Balaban J connectivity index is 2.32. The van der Waals surface area contributed by atoms with Crippen LogP contribution in [0.25, 0.3) is 0 Å². The van der Waals surface area contributed by atoms with Crippen molar-refractivity contribution in [2.45, 2.75) is 26.2 Å². The number of rotatable bonds is 2. The highest BCUT2D eigenvalue weighted by molar-refractivity contribution is 5.75. The van der Waals surface area contributed by atoms with Gasteiger partial charge in [-0.15, -0.1) is 0 Å². The molecule has 1 saturated heterocycles. The molecule has 0 aromatic carbocycles. The van der Waals surface area contributed by atoms with Crippen LogP contribution in [-0.4, -0.2) is 24.1 Å². The van der Waals surface area contributed by atoms with Crippen LogP contribution in [0.3, 0.4) is 0 Å². The average molecular weight is 143 g/mol. The maximum Gasteiger partial charge on any atom is 0.246 e. The SMILES string of the molecule is CCON1CCCCC1=O. The van der Waals surface area contributed by atoms with Crippen LogP contribution in [0.15, 0.2) is 0 Å². The smallest absolute Gasteiger partial charge is 0.246 e. The van der Waals surface area contributed by atoms with Crippen molar-refractivity contribution >= 4 is 5.91 Å². The highest BCUT2D eigenvalue weighted by Crippen LogP contribution is 2.09. The van der Waals surface area contributed by atoms with Crippen molar-refractivity contribution in [3.05, 3.63) is 0 Å². The average Bonchev–Trinajstić information content (AvgIpc) is 1.94. The first-order valence-corrected chi connectivity index (χ1v) is 3.78. The van der Waals surface area contributed by atoms with Gasteiger partial charge in [-0.1, -0.05) is 0 Å². The molecular formula is C7H13NO2. The van der Waals surface area contributed by atoms with Gasteiger partial charge in [-0.2, -0.15) is 0 Å². The third-order valence-electron chi connectivity index (χ3n) is 1.56. The van der Waals surface area contributed by atoms with Gasteiger partial charge in [-0.3, -0.25) is 9.63 Å². The van der Waals surface area contributed by atoms with E-state index in [1.54, 1.807) is 0 Å². The molecule has 3 heteroatoms. The fourth-order valence-electron chi connectivity index (χ4n) is 1.07. The number of hydrogen-bond donors (Lipinski definition) is 0. The van der Waals surface area contributed by atoms with E-state index >= 15 is 0 Å². The fraction of sp³-hybridized carbons (Fsp3) is 0.857. The predicted molar refractivity (Wildman–Crippen MR) is 37.2 cm³/mol. The van der Waals surface area contributed by atoms with Crippen LogP contribution in [0.1, 0.15) is 26.2 Å². The first-order valence-electron chi connectivity index (χ1n) is 3.78. The molecule has 1 fully saturated rings. The van der Waals surface area contributed by atoms with Gasteiger partial charge in [0.15, 0.2) is 0 Å². The number of carbonyl (C=O) groups excluding carboxylic acids is 1. The minimum atomic E-state index is 0.133. The van der Waals surface area contributed by atoms with Crippen LogP contribution in [0.4, 0.5) is 0 Å². The van der Waals surface area contributed by atoms with E-state index in [4.69, 9.17) is 4.84 Å². The van der Waals surface area contributed by atoms with Crippen LogP contribution < -0.4 is 0 Å². The molecule has 1 amide bonds. The molecule has 1 aliphatic heterocycles. The number of hydrogen-bond acceptors (Lipinski definition) is 2. The standard InChI is InChI=1S/C7H13NO2/c1-2-10-8-6-4-3-5-7(8)9/h2-6H2,1H3. The van der Waals surface area contributed by atoms with Gasteiger partial charge in [0.25, 0.3) is 0 Å². The molecule has 0 atom stereocenters. The zero-order valence-corrected chi connectivity index (χ0v) is 6.30. The summed E-state index contributed by atoms with van der Waals surface area (Å²) in [6, 6.07) is 0. The van der Waals surface area contributed by atoms with E-state index in [1.807, 2.05) is 6.92 Å². The summed E-state index contributed by atoms with van der Waals surface area (Å²) in [4.78, 5) is 16.1. The summed E-state index contributed by atoms with van der Waals surface area (Å²) in [5.41, 5.74) is 0. The van der Waals surface area contributed by atoms with Crippen molar-refractivity contribution in [1.29, 1.82) is 0 Å². The molecule has 10 heavy (non-hydrogen) atoms. The van der Waals surface area contributed by atoms with E-state index in [2.05, 4.69) is 0 Å². The summed E-state index contributed by atoms with van der Waals surface area (Å²) in [6.45, 7) is 3.25. The molecule has 0 radical (unpaired) electrons. The molecule has 0 unspecified atom stereocenters. The number of hydroxylamine groups is 2. The van der Waals surface area contributed by atoms with Crippen molar-refractivity contribution in [3.63, 3.8) is 0 Å². The fourth-order valence-corrected chi connectivity index (χ4v) is 1.07. The molecule has 0 N–H and O–H groups in total. The highest BCUT2D eigenvalue weighted by Gasteiger charge is 2.17. The summed E-state index contributed by atoms with van der Waals surface area (Å²) in [6.07, 6.45) is 2.74. The van der Waals surface area contributed by atoms with Crippen molar-refractivity contribution in [2.24, 2.45) is 0 Å². The van der Waals surface area contributed by atoms with Crippen LogP contribution in [0.2, 0.25) is 0 Å². The van der Waals surface area contributed by atoms with Gasteiger partial charge in [0.2, 0.25) is 5.91 Å². The third-order valence-corrected chi connectivity index (χ3v) is 1.56. The Bertz CT molecular complexity index is 123. The van der Waals surface area contributed by atoms with E-state index < -0.39 is 0 Å². The van der Waals surface area contributed by atoms with Gasteiger partial charge in [-0.05, 0) is 19.8 Å². The van der Waals surface area contributed by atoms with Gasteiger partial charge in [0.1, 0.15) is 0 Å². The first-order chi connectivity index (χ1) is 4.84. The van der Waals surface area contributed by atoms with E-state index in [-0.39, 0.29) is 5.91 Å². The largest absolute Gasteiger partial charge is 0.273 e. The van der Waals surface area contributed by atoms with Crippen molar-refractivity contribution in [1.82, 2.24) is 5.06 Å². The van der Waals surface area contributed by atoms with Gasteiger partial charge in [0, 0.05) is 13.0 Å². The summed E-state index contributed by atoms with van der Waals surface area (Å²) in [7, 11) is 0. The summed E-state index contributed by atoms with van der Waals surface area (Å²) in [5.74, 6) is 0.133. The van der Waals surface area contributed by atoms with Gasteiger partial charge >= 0.3 is 0 Å². The highest BCUT2D eigenvalue weighted by atomic mass is 16.7. The normalized spacial score (nSPS) is 19.7. The number of carbonyl (C=O) groups is 1. The maximum atomic E-state index is 11.0. The molecule has 3 nitrogen and oxygen atoms in total. The quantitative estimate of drug-likeness (QED) is 0.576. The zero-order chi connectivity index (χ0) is 7.40. The first kappa shape index (κ1) is 7.54. The molecule has 0 spiro atoms. The Morgan fingerprint density at radius 3 is 3.00 bits per heavy atom. The summed E-state index contributed by atoms with van der Waals surface area (Å²) in [5, 5.41) is 1.48. The maximum absolute atomic E-state index is 11.0. The Hall–Kier alpha value is -0.570. The molecule has 58 valence electrons. The predicted octanol–water partition coefficient (Wildman–Crippen LogP) is 0.950. The van der Waals surface area contributed by atoms with Gasteiger partial charge < -0.3 is 0 Å². The number of amides is 1. The second-order valence-electron chi connectivity index (χ2n) is 2.37. The molecule has 0 bridgehead atoms. The van der Waals surface area contributed by atoms with E-state index in [0.29, 0.717) is 13.0 Å². The lowest BCUT2D eigenvalue weighted by Gasteiger charge is -2.24. The summed E-state index contributed by atoms with van der Waals surface area (Å²) < 4.78 is 0. The Morgan fingerprint density at radius 2 is 2.40 bits per heavy atom. The van der Waals surface area contributed by atoms with Crippen LogP contribution in [0.5, 0.6) is 0 Å². The van der Waals surface area contributed by atoms with E-state index in [1.165, 1.54) is 5.06 Å². The molecular weight excluding hydrogens is 130 g/mol. The van der Waals surface area contributed by atoms with Crippen LogP contribution in [0, 0.1) is 0 Å². The minimum Gasteiger partial charge on any atom is -0.273 e. The zero-order valence-electron chi connectivity index (χ0n) is 6.30. The lowest BCUT2D eigenvalue weighted by Crippen LogP contribution is -2.35. The van der Waals surface area contributed by atoms with Crippen molar-refractivity contribution < 1.29 is 9.63 Å². The van der Waals surface area contributed by atoms with Crippen molar-refractivity contribution in [2.75, 3.05) is 13.2 Å².